The minimum atomic E-state index is 0.415. The van der Waals surface area contributed by atoms with Crippen LogP contribution in [0.25, 0.3) is 0 Å². The van der Waals surface area contributed by atoms with Gasteiger partial charge in [-0.1, -0.05) is 11.2 Å². The molecule has 0 fully saturated rings. The summed E-state index contributed by atoms with van der Waals surface area (Å²) in [6.07, 6.45) is 1.43. The highest BCUT2D eigenvalue weighted by atomic mass is 127. The summed E-state index contributed by atoms with van der Waals surface area (Å²) in [6, 6.07) is 7.69. The second-order valence-electron chi connectivity index (χ2n) is 3.06. The van der Waals surface area contributed by atoms with Crippen molar-refractivity contribution < 1.29 is 9.94 Å². The summed E-state index contributed by atoms with van der Waals surface area (Å²) in [5, 5.41) is 12.7. The van der Waals surface area contributed by atoms with Gasteiger partial charge in [-0.05, 0) is 57.3 Å². The first-order valence-electron chi connectivity index (χ1n) is 4.47. The van der Waals surface area contributed by atoms with E-state index in [-0.39, 0.29) is 0 Å². The van der Waals surface area contributed by atoms with E-state index >= 15 is 0 Å². The fourth-order valence-electron chi connectivity index (χ4n) is 1.19. The molecule has 6 heteroatoms. The van der Waals surface area contributed by atoms with E-state index in [2.05, 4.69) is 50.3 Å². The maximum Gasteiger partial charge on any atom is 0.236 e. The molecule has 0 saturated carbocycles. The van der Waals surface area contributed by atoms with Crippen LogP contribution in [0.4, 0.5) is 0 Å². The molecule has 0 spiro atoms. The van der Waals surface area contributed by atoms with Gasteiger partial charge in [-0.2, -0.15) is 0 Å². The summed E-state index contributed by atoms with van der Waals surface area (Å²) in [6.45, 7) is 0.453. The molecule has 1 heterocycles. The predicted octanol–water partition coefficient (Wildman–Crippen LogP) is 2.91. The zero-order valence-electron chi connectivity index (χ0n) is 8.10. The van der Waals surface area contributed by atoms with Gasteiger partial charge in [0.1, 0.15) is 6.61 Å². The highest BCUT2D eigenvalue weighted by Gasteiger charge is 2.06. The van der Waals surface area contributed by atoms with Crippen molar-refractivity contribution in [2.24, 2.45) is 0 Å². The number of aromatic nitrogens is 2. The molecule has 0 saturated heterocycles. The van der Waals surface area contributed by atoms with Crippen molar-refractivity contribution >= 4 is 45.2 Å². The van der Waals surface area contributed by atoms with Crippen molar-refractivity contribution in [3.8, 4) is 5.88 Å². The molecule has 1 aromatic carbocycles. The molecule has 0 aliphatic carbocycles. The molecule has 4 nitrogen and oxygen atoms in total. The summed E-state index contributed by atoms with van der Waals surface area (Å²) in [5.41, 5.74) is 1.14. The number of hydrogen-bond acceptors (Lipinski definition) is 3. The van der Waals surface area contributed by atoms with E-state index in [0.29, 0.717) is 12.5 Å². The second-order valence-corrected chi connectivity index (χ2v) is 5.39. The van der Waals surface area contributed by atoms with E-state index in [4.69, 9.17) is 9.94 Å². The lowest BCUT2D eigenvalue weighted by Gasteiger charge is -2.07. The molecule has 0 bridgehead atoms. The van der Waals surface area contributed by atoms with E-state index in [1.54, 1.807) is 6.07 Å². The SMILES string of the molecule is On1ccc(OCc2c(I)cccc2I)n1. The van der Waals surface area contributed by atoms with Gasteiger partial charge in [-0.25, -0.2) is 0 Å². The molecule has 16 heavy (non-hydrogen) atoms. The summed E-state index contributed by atoms with van der Waals surface area (Å²) in [5.74, 6) is 0.415. The number of hydrogen-bond donors (Lipinski definition) is 1. The average Bonchev–Trinajstić information content (AvgIpc) is 2.63. The van der Waals surface area contributed by atoms with Gasteiger partial charge in [-0.3, -0.25) is 0 Å². The normalized spacial score (nSPS) is 10.4. The zero-order valence-corrected chi connectivity index (χ0v) is 12.4. The minimum absolute atomic E-state index is 0.415. The number of halogens is 2. The average molecular weight is 442 g/mol. The van der Waals surface area contributed by atoms with Gasteiger partial charge in [0.15, 0.2) is 0 Å². The van der Waals surface area contributed by atoms with Gasteiger partial charge >= 0.3 is 0 Å². The Balaban J connectivity index is 2.10. The van der Waals surface area contributed by atoms with E-state index < -0.39 is 0 Å². The monoisotopic (exact) mass is 442 g/mol. The lowest BCUT2D eigenvalue weighted by molar-refractivity contribution is 0.141. The van der Waals surface area contributed by atoms with Crippen molar-refractivity contribution in [2.75, 3.05) is 0 Å². The largest absolute Gasteiger partial charge is 0.472 e. The molecule has 1 aromatic heterocycles. The molecule has 1 N–H and O–H groups in total. The molecule has 0 radical (unpaired) electrons. The third-order valence-electron chi connectivity index (χ3n) is 1.98. The van der Waals surface area contributed by atoms with E-state index in [1.807, 2.05) is 18.2 Å². The van der Waals surface area contributed by atoms with Crippen LogP contribution in [0.5, 0.6) is 5.88 Å². The van der Waals surface area contributed by atoms with Gasteiger partial charge in [-0.15, -0.1) is 4.85 Å². The topological polar surface area (TPSA) is 47.3 Å². The summed E-state index contributed by atoms with van der Waals surface area (Å²) in [4.78, 5) is 0.732. The first-order valence-corrected chi connectivity index (χ1v) is 6.63. The van der Waals surface area contributed by atoms with Crippen LogP contribution >= 0.6 is 45.2 Å². The van der Waals surface area contributed by atoms with E-state index in [0.717, 1.165) is 17.5 Å². The van der Waals surface area contributed by atoms with Crippen LogP contribution in [-0.2, 0) is 6.61 Å². The summed E-state index contributed by atoms with van der Waals surface area (Å²) in [7, 11) is 0. The van der Waals surface area contributed by atoms with Crippen LogP contribution in [0.3, 0.4) is 0 Å². The Morgan fingerprint density at radius 2 is 1.94 bits per heavy atom. The molecule has 84 valence electrons. The van der Waals surface area contributed by atoms with E-state index in [1.165, 1.54) is 6.20 Å². The standard InChI is InChI=1S/C10H8I2N2O2/c11-8-2-1-3-9(12)7(8)6-16-10-4-5-14(15)13-10/h1-5,15H,6H2. The predicted molar refractivity (Wildman–Crippen MR) is 75.6 cm³/mol. The van der Waals surface area contributed by atoms with Crippen LogP contribution in [0.1, 0.15) is 5.56 Å². The molecule has 0 aliphatic rings. The van der Waals surface area contributed by atoms with Gasteiger partial charge in [0.25, 0.3) is 0 Å². The minimum Gasteiger partial charge on any atom is -0.472 e. The van der Waals surface area contributed by atoms with Gasteiger partial charge in [0.05, 0.1) is 6.20 Å². The molecular weight excluding hydrogens is 434 g/mol. The number of rotatable bonds is 3. The molecule has 0 atom stereocenters. The number of nitrogens with zero attached hydrogens (tertiary/aromatic N) is 2. The van der Waals surface area contributed by atoms with Gasteiger partial charge in [0.2, 0.25) is 5.88 Å². The lowest BCUT2D eigenvalue weighted by Crippen LogP contribution is -2.01. The molecule has 0 amide bonds. The molecule has 2 rings (SSSR count). The van der Waals surface area contributed by atoms with Crippen molar-refractivity contribution in [3.05, 3.63) is 43.2 Å². The zero-order chi connectivity index (χ0) is 11.5. The summed E-state index contributed by atoms with van der Waals surface area (Å²) < 4.78 is 7.79. The number of ether oxygens (including phenoxy) is 1. The van der Waals surface area contributed by atoms with Crippen LogP contribution in [0.15, 0.2) is 30.5 Å². The van der Waals surface area contributed by atoms with Crippen molar-refractivity contribution in [1.82, 2.24) is 9.94 Å². The van der Waals surface area contributed by atoms with Crippen LogP contribution < -0.4 is 4.74 Å². The van der Waals surface area contributed by atoms with Crippen molar-refractivity contribution in [1.29, 1.82) is 0 Å². The third-order valence-corrected chi connectivity index (χ3v) is 4.00. The maximum atomic E-state index is 8.98. The lowest BCUT2D eigenvalue weighted by atomic mass is 10.2. The quantitative estimate of drug-likeness (QED) is 0.588. The van der Waals surface area contributed by atoms with Crippen molar-refractivity contribution in [3.63, 3.8) is 0 Å². The van der Waals surface area contributed by atoms with Gasteiger partial charge in [0, 0.05) is 18.8 Å². The fraction of sp³-hybridized carbons (Fsp3) is 0.100. The fourth-order valence-corrected chi connectivity index (χ4v) is 3.02. The Morgan fingerprint density at radius 1 is 1.25 bits per heavy atom. The highest BCUT2D eigenvalue weighted by Crippen LogP contribution is 2.20. The first-order chi connectivity index (χ1) is 7.66. The Bertz CT molecular complexity index is 479. The molecule has 0 aliphatic heterocycles. The van der Waals surface area contributed by atoms with E-state index in [9.17, 15) is 0 Å². The summed E-state index contributed by atoms with van der Waals surface area (Å²) >= 11 is 4.55. The van der Waals surface area contributed by atoms with Crippen LogP contribution in [0.2, 0.25) is 0 Å². The Morgan fingerprint density at radius 3 is 2.50 bits per heavy atom. The smallest absolute Gasteiger partial charge is 0.236 e. The van der Waals surface area contributed by atoms with Crippen LogP contribution in [-0.4, -0.2) is 15.2 Å². The molecule has 2 aromatic rings. The maximum absolute atomic E-state index is 8.98. The molecular formula is C10H8I2N2O2. The van der Waals surface area contributed by atoms with Crippen LogP contribution in [0, 0.1) is 7.14 Å². The second kappa shape index (κ2) is 5.21. The molecule has 0 unspecified atom stereocenters. The Labute approximate surface area is 120 Å². The first kappa shape index (κ1) is 12.0. The highest BCUT2D eigenvalue weighted by molar-refractivity contribution is 14.1. The Kier molecular flexibility index (Phi) is 3.90. The third kappa shape index (κ3) is 2.78. The van der Waals surface area contributed by atoms with Gasteiger partial charge < -0.3 is 9.94 Å². The Hall–Kier alpha value is -0.510. The number of benzene rings is 1. The van der Waals surface area contributed by atoms with Crippen molar-refractivity contribution in [2.45, 2.75) is 6.61 Å².